The van der Waals surface area contributed by atoms with Gasteiger partial charge in [0.15, 0.2) is 28.7 Å². The molecule has 0 aromatic heterocycles. The number of carbonyl (C=O) groups excluding carboxylic acids is 1. The smallest absolute Gasteiger partial charge is 0.363 e. The van der Waals surface area contributed by atoms with Gasteiger partial charge in [-0.2, -0.15) is 0 Å². The molecule has 0 bridgehead atoms. The molecule has 2 aromatic rings. The number of cyclic esters (lactones) is 1. The van der Waals surface area contributed by atoms with Gasteiger partial charge in [0.2, 0.25) is 12.7 Å². The van der Waals surface area contributed by atoms with E-state index in [0.29, 0.717) is 39.1 Å². The van der Waals surface area contributed by atoms with E-state index in [1.165, 1.54) is 7.11 Å². The number of benzene rings is 2. The molecule has 7 nitrogen and oxygen atoms in total. The van der Waals surface area contributed by atoms with Crippen LogP contribution in [-0.2, 0) is 9.53 Å². The van der Waals surface area contributed by atoms with E-state index in [9.17, 15) is 4.79 Å². The van der Waals surface area contributed by atoms with Crippen LogP contribution in [0.1, 0.15) is 25.0 Å². The molecule has 0 fully saturated rings. The van der Waals surface area contributed by atoms with Crippen LogP contribution in [0, 0.1) is 0 Å². The second-order valence-electron chi connectivity index (χ2n) is 6.60. The van der Waals surface area contributed by atoms with Crippen molar-refractivity contribution >= 4 is 29.5 Å². The zero-order valence-electron chi connectivity index (χ0n) is 16.0. The van der Waals surface area contributed by atoms with Gasteiger partial charge in [-0.3, -0.25) is 0 Å². The van der Waals surface area contributed by atoms with Gasteiger partial charge in [-0.15, -0.1) is 0 Å². The average Bonchev–Trinajstić information content (AvgIpc) is 3.29. The monoisotopic (exact) mass is 415 g/mol. The lowest BCUT2D eigenvalue weighted by Crippen LogP contribution is -2.07. The summed E-state index contributed by atoms with van der Waals surface area (Å²) in [5, 5.41) is 0.372. The summed E-state index contributed by atoms with van der Waals surface area (Å²) >= 11 is 6.35. The number of methoxy groups -OCH3 is 1. The molecule has 29 heavy (non-hydrogen) atoms. The Morgan fingerprint density at radius 3 is 2.72 bits per heavy atom. The van der Waals surface area contributed by atoms with Crippen molar-refractivity contribution in [2.24, 2.45) is 4.99 Å². The Labute approximate surface area is 172 Å². The fraction of sp³-hybridized carbons (Fsp3) is 0.238. The second-order valence-corrected chi connectivity index (χ2v) is 7.01. The molecule has 0 atom stereocenters. The van der Waals surface area contributed by atoms with Crippen LogP contribution in [0.4, 0.5) is 0 Å². The van der Waals surface area contributed by atoms with Crippen molar-refractivity contribution in [3.8, 4) is 23.0 Å². The predicted octanol–water partition coefficient (Wildman–Crippen LogP) is 4.21. The average molecular weight is 416 g/mol. The Morgan fingerprint density at radius 2 is 1.97 bits per heavy atom. The molecule has 0 spiro atoms. The van der Waals surface area contributed by atoms with Crippen LogP contribution in [0.25, 0.3) is 6.08 Å². The summed E-state index contributed by atoms with van der Waals surface area (Å²) in [6, 6.07) is 8.61. The van der Waals surface area contributed by atoms with Crippen molar-refractivity contribution in [1.29, 1.82) is 0 Å². The summed E-state index contributed by atoms with van der Waals surface area (Å²) in [4.78, 5) is 16.6. The number of rotatable bonds is 5. The molecule has 2 aromatic carbocycles. The van der Waals surface area contributed by atoms with Crippen molar-refractivity contribution in [2.75, 3.05) is 13.9 Å². The number of halogens is 1. The minimum Gasteiger partial charge on any atom is -0.493 e. The van der Waals surface area contributed by atoms with Crippen molar-refractivity contribution in [1.82, 2.24) is 0 Å². The van der Waals surface area contributed by atoms with E-state index < -0.39 is 5.97 Å². The summed E-state index contributed by atoms with van der Waals surface area (Å²) in [5.74, 6) is 1.76. The van der Waals surface area contributed by atoms with Gasteiger partial charge in [0, 0.05) is 5.56 Å². The summed E-state index contributed by atoms with van der Waals surface area (Å²) in [6.07, 6.45) is 1.51. The normalized spacial score (nSPS) is 16.2. The molecule has 2 aliphatic rings. The van der Waals surface area contributed by atoms with Crippen molar-refractivity contribution in [2.45, 2.75) is 20.0 Å². The van der Waals surface area contributed by atoms with Crippen LogP contribution >= 0.6 is 11.6 Å². The largest absolute Gasteiger partial charge is 0.493 e. The molecule has 0 N–H and O–H groups in total. The summed E-state index contributed by atoms with van der Waals surface area (Å²) < 4.78 is 27.0. The third-order valence-electron chi connectivity index (χ3n) is 4.15. The number of hydrogen-bond acceptors (Lipinski definition) is 7. The lowest BCUT2D eigenvalue weighted by Gasteiger charge is -2.15. The van der Waals surface area contributed by atoms with E-state index in [0.717, 1.165) is 0 Å². The third-order valence-corrected chi connectivity index (χ3v) is 4.43. The number of esters is 1. The fourth-order valence-electron chi connectivity index (χ4n) is 2.89. The molecule has 2 aliphatic heterocycles. The van der Waals surface area contributed by atoms with E-state index >= 15 is 0 Å². The maximum Gasteiger partial charge on any atom is 0.363 e. The Morgan fingerprint density at radius 1 is 1.17 bits per heavy atom. The molecular formula is C21H18ClNO6. The standard InChI is InChI=1S/C21H18ClNO6/c1-11(2)28-19-14(22)6-12(8-18(19)25-3)7-15-21(24)29-20(23-15)13-4-5-16-17(9-13)27-10-26-16/h4-9,11H,10H2,1-3H3. The number of hydrogen-bond donors (Lipinski definition) is 0. The van der Waals surface area contributed by atoms with Gasteiger partial charge in [0.05, 0.1) is 18.2 Å². The molecule has 0 amide bonds. The van der Waals surface area contributed by atoms with Crippen LogP contribution in [0.3, 0.4) is 0 Å². The van der Waals surface area contributed by atoms with E-state index in [4.69, 9.17) is 35.3 Å². The molecule has 0 unspecified atom stereocenters. The van der Waals surface area contributed by atoms with E-state index in [1.54, 1.807) is 36.4 Å². The van der Waals surface area contributed by atoms with Crippen LogP contribution in [-0.4, -0.2) is 31.9 Å². The number of carbonyl (C=O) groups is 1. The molecule has 0 aliphatic carbocycles. The Hall–Kier alpha value is -3.19. The minimum atomic E-state index is -0.560. The van der Waals surface area contributed by atoms with Gasteiger partial charge >= 0.3 is 5.97 Å². The van der Waals surface area contributed by atoms with Crippen LogP contribution in [0.5, 0.6) is 23.0 Å². The molecular weight excluding hydrogens is 398 g/mol. The highest BCUT2D eigenvalue weighted by Gasteiger charge is 2.26. The highest BCUT2D eigenvalue weighted by Crippen LogP contribution is 2.38. The van der Waals surface area contributed by atoms with Crippen molar-refractivity contribution < 1.29 is 28.5 Å². The summed E-state index contributed by atoms with van der Waals surface area (Å²) in [7, 11) is 1.52. The van der Waals surface area contributed by atoms with E-state index in [2.05, 4.69) is 4.99 Å². The minimum absolute atomic E-state index is 0.0655. The Balaban J connectivity index is 1.66. The third kappa shape index (κ3) is 3.86. The van der Waals surface area contributed by atoms with Gasteiger partial charge < -0.3 is 23.7 Å². The van der Waals surface area contributed by atoms with Gasteiger partial charge in [0.25, 0.3) is 0 Å². The first-order chi connectivity index (χ1) is 13.9. The zero-order valence-corrected chi connectivity index (χ0v) is 16.8. The molecule has 2 heterocycles. The summed E-state index contributed by atoms with van der Waals surface area (Å²) in [5.41, 5.74) is 1.39. The molecule has 4 rings (SSSR count). The number of aliphatic imine (C=N–C) groups is 1. The lowest BCUT2D eigenvalue weighted by molar-refractivity contribution is -0.129. The molecule has 8 heteroatoms. The lowest BCUT2D eigenvalue weighted by atomic mass is 10.1. The SMILES string of the molecule is COc1cc(C=C2N=C(c3ccc4c(c3)OCO4)OC2=O)cc(Cl)c1OC(C)C. The topological polar surface area (TPSA) is 75.6 Å². The quantitative estimate of drug-likeness (QED) is 0.538. The van der Waals surface area contributed by atoms with Gasteiger partial charge in [0.1, 0.15) is 0 Å². The van der Waals surface area contributed by atoms with Gasteiger partial charge in [-0.25, -0.2) is 9.79 Å². The number of fused-ring (bicyclic) bond motifs is 1. The van der Waals surface area contributed by atoms with Crippen LogP contribution < -0.4 is 18.9 Å². The van der Waals surface area contributed by atoms with Crippen LogP contribution in [0.15, 0.2) is 41.0 Å². The second kappa shape index (κ2) is 7.67. The van der Waals surface area contributed by atoms with Gasteiger partial charge in [-0.1, -0.05) is 11.6 Å². The maximum absolute atomic E-state index is 12.3. The van der Waals surface area contributed by atoms with Crippen molar-refractivity contribution in [3.05, 3.63) is 52.2 Å². The fourth-order valence-corrected chi connectivity index (χ4v) is 3.16. The predicted molar refractivity (Wildman–Crippen MR) is 107 cm³/mol. The molecule has 0 radical (unpaired) electrons. The zero-order chi connectivity index (χ0) is 20.5. The van der Waals surface area contributed by atoms with E-state index in [-0.39, 0.29) is 24.5 Å². The van der Waals surface area contributed by atoms with Crippen molar-refractivity contribution in [3.63, 3.8) is 0 Å². The Kier molecular flexibility index (Phi) is 5.07. The molecule has 0 saturated carbocycles. The molecule has 150 valence electrons. The number of ether oxygens (including phenoxy) is 5. The highest BCUT2D eigenvalue weighted by molar-refractivity contribution is 6.32. The Bertz CT molecular complexity index is 1040. The first-order valence-electron chi connectivity index (χ1n) is 8.91. The highest BCUT2D eigenvalue weighted by atomic mass is 35.5. The molecule has 0 saturated heterocycles. The number of nitrogens with zero attached hydrogens (tertiary/aromatic N) is 1. The van der Waals surface area contributed by atoms with E-state index in [1.807, 2.05) is 13.8 Å². The maximum atomic E-state index is 12.3. The van der Waals surface area contributed by atoms with Crippen LogP contribution in [0.2, 0.25) is 5.02 Å². The first kappa shape index (κ1) is 19.1. The first-order valence-corrected chi connectivity index (χ1v) is 9.29. The summed E-state index contributed by atoms with van der Waals surface area (Å²) in [6.45, 7) is 3.95. The van der Waals surface area contributed by atoms with Gasteiger partial charge in [-0.05, 0) is 55.8 Å².